The standard InChI is InChI=1S/C30H39ClN6O5S/c31-24-10-9-22(17-32)23(15-24)18-34-27(38)26-19-33-11-14-37(26)29(40)30(16-25(30)28(39)36-12-5-2-6-13-36)35-43(41,42)20-21-7-3-1-4-8-21/h1,3-4,7-10,15,25-26,33,35H,2,5-6,11-14,16-20,32H2,(H,34,38)/t25-,26+,30?/m1/s1. The first kappa shape index (κ1) is 31.4. The summed E-state index contributed by atoms with van der Waals surface area (Å²) in [6.45, 7) is 2.42. The van der Waals surface area contributed by atoms with Crippen molar-refractivity contribution < 1.29 is 22.8 Å². The Balaban J connectivity index is 1.37. The van der Waals surface area contributed by atoms with Gasteiger partial charge < -0.3 is 26.2 Å². The molecule has 2 aromatic carbocycles. The van der Waals surface area contributed by atoms with Crippen LogP contribution in [0.3, 0.4) is 0 Å². The number of hydrogen-bond acceptors (Lipinski definition) is 7. The molecule has 13 heteroatoms. The minimum absolute atomic E-state index is 0.0514. The monoisotopic (exact) mass is 630 g/mol. The van der Waals surface area contributed by atoms with E-state index in [-0.39, 0.29) is 44.3 Å². The summed E-state index contributed by atoms with van der Waals surface area (Å²) < 4.78 is 29.5. The Morgan fingerprint density at radius 1 is 1.02 bits per heavy atom. The summed E-state index contributed by atoms with van der Waals surface area (Å²) in [5.41, 5.74) is 6.38. The van der Waals surface area contributed by atoms with Crippen LogP contribution in [0.1, 0.15) is 42.4 Å². The topological polar surface area (TPSA) is 154 Å². The fraction of sp³-hybridized carbons (Fsp3) is 0.500. The van der Waals surface area contributed by atoms with Crippen LogP contribution < -0.4 is 21.1 Å². The number of carbonyl (C=O) groups excluding carboxylic acids is 3. The second-order valence-corrected chi connectivity index (χ2v) is 13.7. The number of piperidine rings is 1. The van der Waals surface area contributed by atoms with Gasteiger partial charge in [0.25, 0.3) is 0 Å². The number of rotatable bonds is 10. The number of carbonyl (C=O) groups is 3. The molecule has 3 fully saturated rings. The lowest BCUT2D eigenvalue weighted by Crippen LogP contribution is -2.64. The van der Waals surface area contributed by atoms with Crippen LogP contribution >= 0.6 is 11.6 Å². The molecule has 1 unspecified atom stereocenters. The Labute approximate surface area is 257 Å². The molecule has 2 heterocycles. The second-order valence-electron chi connectivity index (χ2n) is 11.5. The maximum atomic E-state index is 14.3. The van der Waals surface area contributed by atoms with Crippen molar-refractivity contribution >= 4 is 39.3 Å². The summed E-state index contributed by atoms with van der Waals surface area (Å²) in [7, 11) is -4.02. The molecular weight excluding hydrogens is 592 g/mol. The van der Waals surface area contributed by atoms with Gasteiger partial charge in [-0.25, -0.2) is 8.42 Å². The first-order chi connectivity index (χ1) is 20.6. The smallest absolute Gasteiger partial charge is 0.245 e. The van der Waals surface area contributed by atoms with Crippen molar-refractivity contribution in [2.24, 2.45) is 11.7 Å². The predicted molar refractivity (Wildman–Crippen MR) is 163 cm³/mol. The van der Waals surface area contributed by atoms with E-state index >= 15 is 0 Å². The van der Waals surface area contributed by atoms with Crippen molar-refractivity contribution in [3.63, 3.8) is 0 Å². The molecule has 3 atom stereocenters. The number of piperazine rings is 1. The number of likely N-dealkylation sites (tertiary alicyclic amines) is 1. The van der Waals surface area contributed by atoms with Gasteiger partial charge in [0.05, 0.1) is 11.7 Å². The van der Waals surface area contributed by atoms with Crippen molar-refractivity contribution in [1.29, 1.82) is 0 Å². The molecule has 0 spiro atoms. The molecule has 2 saturated heterocycles. The number of nitrogens with two attached hydrogens (primary N) is 1. The fourth-order valence-electron chi connectivity index (χ4n) is 6.09. The lowest BCUT2D eigenvalue weighted by atomic mass is 10.1. The Morgan fingerprint density at radius 3 is 2.49 bits per heavy atom. The van der Waals surface area contributed by atoms with Gasteiger partial charge >= 0.3 is 0 Å². The van der Waals surface area contributed by atoms with E-state index in [4.69, 9.17) is 17.3 Å². The van der Waals surface area contributed by atoms with Crippen molar-refractivity contribution in [3.8, 4) is 0 Å². The maximum Gasteiger partial charge on any atom is 0.245 e. The average molecular weight is 631 g/mol. The summed E-state index contributed by atoms with van der Waals surface area (Å²) in [5.74, 6) is -2.33. The van der Waals surface area contributed by atoms with E-state index in [9.17, 15) is 22.8 Å². The van der Waals surface area contributed by atoms with Gasteiger partial charge in [0.15, 0.2) is 0 Å². The van der Waals surface area contributed by atoms with Gasteiger partial charge in [-0.15, -0.1) is 0 Å². The minimum atomic E-state index is -4.02. The van der Waals surface area contributed by atoms with Crippen LogP contribution in [0.2, 0.25) is 5.02 Å². The molecule has 0 bridgehead atoms. The summed E-state index contributed by atoms with van der Waals surface area (Å²) in [5, 5.41) is 6.57. The zero-order valence-electron chi connectivity index (χ0n) is 24.1. The third-order valence-electron chi connectivity index (χ3n) is 8.49. The van der Waals surface area contributed by atoms with Crippen LogP contribution in [0.25, 0.3) is 0 Å². The molecule has 43 heavy (non-hydrogen) atoms. The second kappa shape index (κ2) is 13.3. The average Bonchev–Trinajstić information content (AvgIpc) is 3.73. The highest BCUT2D eigenvalue weighted by Crippen LogP contribution is 2.47. The SMILES string of the molecule is NCc1ccc(Cl)cc1CNC(=O)[C@@H]1CNCCN1C(=O)C1(NS(=O)(=O)Cc2ccccc2)C[C@@H]1C(=O)N1CCCCC1. The van der Waals surface area contributed by atoms with E-state index < -0.39 is 39.3 Å². The summed E-state index contributed by atoms with van der Waals surface area (Å²) >= 11 is 6.16. The fourth-order valence-corrected chi connectivity index (χ4v) is 7.86. The number of amides is 3. The summed E-state index contributed by atoms with van der Waals surface area (Å²) in [6, 6.07) is 13.1. The van der Waals surface area contributed by atoms with Crippen molar-refractivity contribution in [2.45, 2.75) is 56.1 Å². The normalized spacial score (nSPS) is 24.0. The van der Waals surface area contributed by atoms with Gasteiger partial charge in [0.2, 0.25) is 27.7 Å². The van der Waals surface area contributed by atoms with E-state index in [0.29, 0.717) is 30.2 Å². The van der Waals surface area contributed by atoms with Crippen LogP contribution in [0, 0.1) is 5.92 Å². The third kappa shape index (κ3) is 7.21. The van der Waals surface area contributed by atoms with Gasteiger partial charge in [-0.2, -0.15) is 4.72 Å². The molecule has 11 nitrogen and oxygen atoms in total. The van der Waals surface area contributed by atoms with Gasteiger partial charge in [0, 0.05) is 50.8 Å². The zero-order chi connectivity index (χ0) is 30.6. The number of hydrogen-bond donors (Lipinski definition) is 4. The first-order valence-electron chi connectivity index (χ1n) is 14.7. The predicted octanol–water partition coefficient (Wildman–Crippen LogP) is 1.11. The molecule has 1 aliphatic carbocycles. The molecule has 232 valence electrons. The van der Waals surface area contributed by atoms with Crippen LogP contribution in [0.15, 0.2) is 48.5 Å². The van der Waals surface area contributed by atoms with Gasteiger partial charge in [-0.05, 0) is 54.5 Å². The van der Waals surface area contributed by atoms with Gasteiger partial charge in [-0.3, -0.25) is 14.4 Å². The number of benzene rings is 2. The molecule has 0 aromatic heterocycles. The molecule has 1 saturated carbocycles. The third-order valence-corrected chi connectivity index (χ3v) is 10.1. The minimum Gasteiger partial charge on any atom is -0.350 e. The highest BCUT2D eigenvalue weighted by molar-refractivity contribution is 7.88. The van der Waals surface area contributed by atoms with E-state index in [0.717, 1.165) is 30.4 Å². The van der Waals surface area contributed by atoms with Gasteiger partial charge in [-0.1, -0.05) is 48.0 Å². The number of nitrogens with zero attached hydrogens (tertiary/aromatic N) is 2. The molecule has 0 radical (unpaired) electrons. The molecule has 2 aromatic rings. The largest absolute Gasteiger partial charge is 0.350 e. The van der Waals surface area contributed by atoms with Crippen LogP contribution in [-0.2, 0) is 43.2 Å². The highest BCUT2D eigenvalue weighted by atomic mass is 35.5. The Morgan fingerprint density at radius 2 is 1.77 bits per heavy atom. The lowest BCUT2D eigenvalue weighted by Gasteiger charge is -2.38. The van der Waals surface area contributed by atoms with Crippen LogP contribution in [0.4, 0.5) is 0 Å². The van der Waals surface area contributed by atoms with Crippen molar-refractivity contribution in [2.75, 3.05) is 32.7 Å². The quantitative estimate of drug-likeness (QED) is 0.307. The van der Waals surface area contributed by atoms with Crippen LogP contribution in [-0.4, -0.2) is 80.2 Å². The van der Waals surface area contributed by atoms with E-state index in [1.807, 2.05) is 0 Å². The summed E-state index contributed by atoms with van der Waals surface area (Å²) in [6.07, 6.45) is 2.83. The molecular formula is C30H39ClN6O5S. The molecule has 5 N–H and O–H groups in total. The Kier molecular flexibility index (Phi) is 9.72. The number of sulfonamides is 1. The maximum absolute atomic E-state index is 14.3. The Bertz CT molecular complexity index is 1450. The van der Waals surface area contributed by atoms with Crippen LogP contribution in [0.5, 0.6) is 0 Å². The molecule has 5 rings (SSSR count). The highest BCUT2D eigenvalue weighted by Gasteiger charge is 2.67. The van der Waals surface area contributed by atoms with E-state index in [2.05, 4.69) is 15.4 Å². The summed E-state index contributed by atoms with van der Waals surface area (Å²) in [4.78, 5) is 44.5. The van der Waals surface area contributed by atoms with Crippen molar-refractivity contribution in [1.82, 2.24) is 25.2 Å². The molecule has 2 aliphatic heterocycles. The van der Waals surface area contributed by atoms with E-state index in [1.54, 1.807) is 53.4 Å². The first-order valence-corrected chi connectivity index (χ1v) is 16.8. The number of halogens is 1. The Hall–Kier alpha value is -3.03. The van der Waals surface area contributed by atoms with E-state index in [1.165, 1.54) is 4.90 Å². The van der Waals surface area contributed by atoms with Gasteiger partial charge in [0.1, 0.15) is 11.6 Å². The lowest BCUT2D eigenvalue weighted by molar-refractivity contribution is -0.145. The van der Waals surface area contributed by atoms with Crippen molar-refractivity contribution in [3.05, 3.63) is 70.2 Å². The number of nitrogens with one attached hydrogen (secondary N) is 3. The molecule has 3 aliphatic rings. The molecule has 3 amide bonds. The zero-order valence-corrected chi connectivity index (χ0v) is 25.6.